The predicted octanol–water partition coefficient (Wildman–Crippen LogP) is -0.0629. The Morgan fingerprint density at radius 2 is 2.25 bits per heavy atom. The lowest BCUT2D eigenvalue weighted by Gasteiger charge is -2.28. The van der Waals surface area contributed by atoms with E-state index < -0.39 is 9.84 Å². The normalized spacial score (nSPS) is 26.9. The van der Waals surface area contributed by atoms with Crippen LogP contribution in [-0.2, 0) is 22.5 Å². The highest BCUT2D eigenvalue weighted by atomic mass is 32.2. The van der Waals surface area contributed by atoms with Crippen LogP contribution < -0.4 is 0 Å². The molecule has 0 spiro atoms. The van der Waals surface area contributed by atoms with Gasteiger partial charge in [0.05, 0.1) is 11.5 Å². The summed E-state index contributed by atoms with van der Waals surface area (Å²) in [6.07, 6.45) is 0.648. The third kappa shape index (κ3) is 2.27. The summed E-state index contributed by atoms with van der Waals surface area (Å²) in [5.74, 6) is 0.459. The number of hydrogen-bond acceptors (Lipinski definition) is 4. The maximum absolute atomic E-state index is 11.1. The van der Waals surface area contributed by atoms with Gasteiger partial charge in [-0.2, -0.15) is 0 Å². The zero-order chi connectivity index (χ0) is 9.35. The first kappa shape index (κ1) is 10.1. The average molecular weight is 224 g/mol. The fourth-order valence-corrected chi connectivity index (χ4v) is 3.30. The lowest BCUT2D eigenvalue weighted by molar-refractivity contribution is 0.409. The monoisotopic (exact) mass is 224 g/mol. The van der Waals surface area contributed by atoms with E-state index in [-0.39, 0.29) is 17.5 Å². The molecule has 70 valence electrons. The summed E-state index contributed by atoms with van der Waals surface area (Å²) in [6.45, 7) is 0. The van der Waals surface area contributed by atoms with Crippen LogP contribution in [0.2, 0.25) is 0 Å². The van der Waals surface area contributed by atoms with Crippen molar-refractivity contribution >= 4 is 39.0 Å². The van der Waals surface area contributed by atoms with Crippen LogP contribution in [0.3, 0.4) is 0 Å². The molecule has 0 aromatic heterocycles. The second-order valence-corrected chi connectivity index (χ2v) is 6.19. The molecule has 0 amide bonds. The molecule has 0 saturated carbocycles. The van der Waals surface area contributed by atoms with E-state index >= 15 is 0 Å². The summed E-state index contributed by atoms with van der Waals surface area (Å²) in [4.78, 5) is 1.69. The van der Waals surface area contributed by atoms with Gasteiger partial charge in [-0.25, -0.2) is 8.42 Å². The summed E-state index contributed by atoms with van der Waals surface area (Å²) in [7, 11) is -1.07. The van der Waals surface area contributed by atoms with E-state index in [1.54, 1.807) is 11.9 Å². The van der Waals surface area contributed by atoms with Crippen molar-refractivity contribution in [3.8, 4) is 0 Å². The van der Waals surface area contributed by atoms with Crippen LogP contribution >= 0.6 is 12.2 Å². The molecule has 0 radical (unpaired) electrons. The van der Waals surface area contributed by atoms with E-state index in [9.17, 15) is 8.42 Å². The van der Waals surface area contributed by atoms with Crippen LogP contribution in [0.15, 0.2) is 0 Å². The van der Waals surface area contributed by atoms with E-state index in [4.69, 9.17) is 24.8 Å². The minimum atomic E-state index is -2.82. The van der Waals surface area contributed by atoms with Crippen molar-refractivity contribution in [3.63, 3.8) is 0 Å². The summed E-state index contributed by atoms with van der Waals surface area (Å²) >= 11 is 9.55. The van der Waals surface area contributed by atoms with Gasteiger partial charge in [-0.15, -0.1) is 0 Å². The van der Waals surface area contributed by atoms with Gasteiger partial charge in [0, 0.05) is 13.1 Å². The molecular formula is C6H10NO2S3-. The minimum absolute atomic E-state index is 0.000000000000000222. The van der Waals surface area contributed by atoms with E-state index in [2.05, 4.69) is 0 Å². The van der Waals surface area contributed by atoms with Crippen LogP contribution in [0.5, 0.6) is 0 Å². The highest BCUT2D eigenvalue weighted by molar-refractivity contribution is 8.00. The smallest absolute Gasteiger partial charge is 0.152 e. The lowest BCUT2D eigenvalue weighted by Crippen LogP contribution is -2.35. The van der Waals surface area contributed by atoms with Crippen molar-refractivity contribution in [2.24, 2.45) is 0 Å². The first-order chi connectivity index (χ1) is 5.42. The average Bonchev–Trinajstić information content (AvgIpc) is 2.28. The second-order valence-electron chi connectivity index (χ2n) is 2.93. The Kier molecular flexibility index (Phi) is 2.90. The SMILES string of the molecule is CN(C(=S)[S-])[C@H]1CCS(=O)(=O)C1. The molecule has 0 bridgehead atoms. The van der Waals surface area contributed by atoms with Crippen molar-refractivity contribution in [2.75, 3.05) is 18.6 Å². The standard InChI is InChI=1S/C6H11NO2S3/c1-7(6(10)11)5-2-3-12(8,9)4-5/h5H,2-4H2,1H3,(H,10,11)/p-1/t5-/m0/s1. The summed E-state index contributed by atoms with van der Waals surface area (Å²) in [5, 5.41) is 0. The summed E-state index contributed by atoms with van der Waals surface area (Å²) < 4.78 is 22.5. The largest absolute Gasteiger partial charge is 0.411 e. The van der Waals surface area contributed by atoms with Gasteiger partial charge in [0.1, 0.15) is 0 Å². The van der Waals surface area contributed by atoms with Crippen molar-refractivity contribution < 1.29 is 8.42 Å². The Morgan fingerprint density at radius 1 is 1.67 bits per heavy atom. The van der Waals surface area contributed by atoms with E-state index in [0.29, 0.717) is 10.7 Å². The number of sulfone groups is 1. The lowest BCUT2D eigenvalue weighted by atomic mass is 10.2. The van der Waals surface area contributed by atoms with Gasteiger partial charge in [-0.05, 0) is 6.42 Å². The fraction of sp³-hybridized carbons (Fsp3) is 0.833. The molecule has 1 saturated heterocycles. The number of hydrogen-bond donors (Lipinski definition) is 0. The van der Waals surface area contributed by atoms with Gasteiger partial charge in [-0.1, -0.05) is 4.32 Å². The zero-order valence-corrected chi connectivity index (χ0v) is 9.14. The Bertz CT molecular complexity index is 285. The molecule has 1 fully saturated rings. The Hall–Kier alpha value is 0.0600. The third-order valence-electron chi connectivity index (χ3n) is 2.04. The first-order valence-electron chi connectivity index (χ1n) is 3.56. The van der Waals surface area contributed by atoms with Crippen molar-refractivity contribution in [2.45, 2.75) is 12.5 Å². The molecule has 1 heterocycles. The van der Waals surface area contributed by atoms with Crippen LogP contribution in [0.4, 0.5) is 0 Å². The molecule has 1 rings (SSSR count). The minimum Gasteiger partial charge on any atom is -0.411 e. The molecule has 3 nitrogen and oxygen atoms in total. The second kappa shape index (κ2) is 3.43. The van der Waals surface area contributed by atoms with Gasteiger partial charge in [0.2, 0.25) is 0 Å². The Balaban J connectivity index is 2.64. The molecule has 0 N–H and O–H groups in total. The molecule has 12 heavy (non-hydrogen) atoms. The quantitative estimate of drug-likeness (QED) is 0.461. The summed E-state index contributed by atoms with van der Waals surface area (Å²) in [6, 6.07) is -0.000000000000000222. The van der Waals surface area contributed by atoms with Crippen LogP contribution in [-0.4, -0.2) is 42.2 Å². The van der Waals surface area contributed by atoms with E-state index in [0.717, 1.165) is 0 Å². The van der Waals surface area contributed by atoms with Gasteiger partial charge < -0.3 is 29.7 Å². The molecular weight excluding hydrogens is 214 g/mol. The number of thiocarbonyl (C=S) groups is 1. The topological polar surface area (TPSA) is 37.4 Å². The third-order valence-corrected chi connectivity index (χ3v) is 4.37. The van der Waals surface area contributed by atoms with Crippen molar-refractivity contribution in [1.29, 1.82) is 0 Å². The number of nitrogens with zero attached hydrogens (tertiary/aromatic N) is 1. The van der Waals surface area contributed by atoms with Gasteiger partial charge in [0.25, 0.3) is 0 Å². The highest BCUT2D eigenvalue weighted by Crippen LogP contribution is 2.16. The molecule has 1 aliphatic rings. The molecule has 1 atom stereocenters. The maximum atomic E-state index is 11.1. The van der Waals surface area contributed by atoms with Crippen LogP contribution in [0, 0.1) is 0 Å². The molecule has 0 unspecified atom stereocenters. The molecule has 0 aromatic rings. The summed E-state index contributed by atoms with van der Waals surface area (Å²) in [5.41, 5.74) is 0. The van der Waals surface area contributed by atoms with E-state index in [1.165, 1.54) is 0 Å². The number of rotatable bonds is 1. The van der Waals surface area contributed by atoms with Crippen LogP contribution in [0.25, 0.3) is 0 Å². The molecule has 0 aliphatic carbocycles. The van der Waals surface area contributed by atoms with E-state index in [1.807, 2.05) is 0 Å². The molecule has 0 aromatic carbocycles. The molecule has 6 heteroatoms. The van der Waals surface area contributed by atoms with Crippen LogP contribution in [0.1, 0.15) is 6.42 Å². The Morgan fingerprint density at radius 3 is 2.58 bits per heavy atom. The zero-order valence-electron chi connectivity index (χ0n) is 6.69. The Labute approximate surface area is 83.5 Å². The predicted molar refractivity (Wildman–Crippen MR) is 54.8 cm³/mol. The molecule has 1 aliphatic heterocycles. The maximum Gasteiger partial charge on any atom is 0.152 e. The van der Waals surface area contributed by atoms with Crippen molar-refractivity contribution in [3.05, 3.63) is 0 Å². The highest BCUT2D eigenvalue weighted by Gasteiger charge is 2.29. The van der Waals surface area contributed by atoms with Gasteiger partial charge in [-0.3, -0.25) is 0 Å². The fourth-order valence-electron chi connectivity index (χ4n) is 1.23. The first-order valence-corrected chi connectivity index (χ1v) is 6.20. The van der Waals surface area contributed by atoms with Crippen molar-refractivity contribution in [1.82, 2.24) is 4.90 Å². The van der Waals surface area contributed by atoms with Gasteiger partial charge in [0.15, 0.2) is 9.84 Å². The van der Waals surface area contributed by atoms with Gasteiger partial charge >= 0.3 is 0 Å².